The fourth-order valence-electron chi connectivity index (χ4n) is 3.92. The molecule has 1 fully saturated rings. The number of rotatable bonds is 7. The number of aliphatic hydroxyl groups excluding tert-OH is 1. The van der Waals surface area contributed by atoms with Crippen molar-refractivity contribution in [3.05, 3.63) is 95.8 Å². The molecule has 0 unspecified atom stereocenters. The number of nitrogens with one attached hydrogen (secondary N) is 1. The highest BCUT2D eigenvalue weighted by molar-refractivity contribution is 5.94. The van der Waals surface area contributed by atoms with Crippen molar-refractivity contribution >= 4 is 5.91 Å². The van der Waals surface area contributed by atoms with E-state index in [-0.39, 0.29) is 11.9 Å². The Morgan fingerprint density at radius 2 is 1.84 bits per heavy atom. The van der Waals surface area contributed by atoms with Crippen molar-refractivity contribution in [3.63, 3.8) is 0 Å². The normalized spacial score (nSPS) is 19.2. The number of hydrogen-bond acceptors (Lipinski definition) is 5. The van der Waals surface area contributed by atoms with Crippen molar-refractivity contribution in [1.29, 1.82) is 0 Å². The molecule has 1 saturated heterocycles. The number of carbonyl (C=O) groups is 1. The summed E-state index contributed by atoms with van der Waals surface area (Å²) in [7, 11) is 0. The molecule has 2 atom stereocenters. The lowest BCUT2D eigenvalue weighted by Gasteiger charge is -2.27. The summed E-state index contributed by atoms with van der Waals surface area (Å²) in [5, 5.41) is 13.6. The van der Waals surface area contributed by atoms with E-state index in [1.54, 1.807) is 30.5 Å². The molecule has 2 aromatic carbocycles. The van der Waals surface area contributed by atoms with Gasteiger partial charge < -0.3 is 15.2 Å². The molecule has 2 N–H and O–H groups in total. The molecule has 0 aliphatic carbocycles. The molecule has 1 amide bonds. The second-order valence-electron chi connectivity index (χ2n) is 8.14. The number of ether oxygens (including phenoxy) is 1. The van der Waals surface area contributed by atoms with E-state index < -0.39 is 6.10 Å². The molecule has 0 saturated carbocycles. The third-order valence-corrected chi connectivity index (χ3v) is 5.69. The van der Waals surface area contributed by atoms with Crippen LogP contribution in [0.15, 0.2) is 79.0 Å². The lowest BCUT2D eigenvalue weighted by Crippen LogP contribution is -2.48. The van der Waals surface area contributed by atoms with Gasteiger partial charge in [0.2, 0.25) is 0 Å². The Balaban J connectivity index is 1.33. The van der Waals surface area contributed by atoms with Gasteiger partial charge in [-0.25, -0.2) is 0 Å². The summed E-state index contributed by atoms with van der Waals surface area (Å²) in [5.41, 5.74) is 2.62. The number of pyridine rings is 1. The van der Waals surface area contributed by atoms with Crippen LogP contribution < -0.4 is 10.1 Å². The number of carbonyl (C=O) groups excluding carboxylic acids is 1. The molecule has 0 bridgehead atoms. The van der Waals surface area contributed by atoms with Crippen LogP contribution in [0.4, 0.5) is 0 Å². The minimum Gasteiger partial charge on any atom is -0.489 e. The van der Waals surface area contributed by atoms with Gasteiger partial charge in [0.15, 0.2) is 0 Å². The van der Waals surface area contributed by atoms with E-state index in [0.29, 0.717) is 37.4 Å². The molecule has 1 aliphatic heterocycles. The zero-order valence-electron chi connectivity index (χ0n) is 18.1. The molecular formula is C26H29N3O3. The van der Waals surface area contributed by atoms with Crippen LogP contribution in [-0.4, -0.2) is 46.1 Å². The van der Waals surface area contributed by atoms with E-state index in [9.17, 15) is 9.90 Å². The fraction of sp³-hybridized carbons (Fsp3) is 0.308. The number of aromatic nitrogens is 1. The first-order valence-electron chi connectivity index (χ1n) is 11.1. The van der Waals surface area contributed by atoms with E-state index in [1.165, 1.54) is 0 Å². The number of nitrogens with zero attached hydrogens (tertiary/aromatic N) is 2. The van der Waals surface area contributed by atoms with Gasteiger partial charge >= 0.3 is 0 Å². The highest BCUT2D eigenvalue weighted by Gasteiger charge is 2.27. The number of hydrogen-bond donors (Lipinski definition) is 2. The van der Waals surface area contributed by atoms with Gasteiger partial charge in [-0.3, -0.25) is 14.7 Å². The summed E-state index contributed by atoms with van der Waals surface area (Å²) in [6, 6.07) is 22.6. The smallest absolute Gasteiger partial charge is 0.251 e. The quantitative estimate of drug-likeness (QED) is 0.600. The molecule has 2 heterocycles. The molecular weight excluding hydrogens is 402 g/mol. The molecule has 3 aromatic rings. The Labute approximate surface area is 188 Å². The van der Waals surface area contributed by atoms with E-state index >= 15 is 0 Å². The minimum atomic E-state index is -0.568. The molecule has 6 heteroatoms. The zero-order chi connectivity index (χ0) is 22.2. The van der Waals surface area contributed by atoms with E-state index in [2.05, 4.69) is 15.2 Å². The van der Waals surface area contributed by atoms with Crippen LogP contribution >= 0.6 is 0 Å². The van der Waals surface area contributed by atoms with Crippen molar-refractivity contribution in [1.82, 2.24) is 15.2 Å². The van der Waals surface area contributed by atoms with E-state index in [0.717, 1.165) is 24.2 Å². The van der Waals surface area contributed by atoms with Crippen LogP contribution in [0, 0.1) is 0 Å². The molecule has 4 rings (SSSR count). The standard InChI is InChI=1S/C26H29N3O3/c30-25-10-6-16-29(17-22-9-4-5-15-27-22)18-24(25)28-26(31)21-11-13-23(14-12-21)32-19-20-7-2-1-3-8-20/h1-5,7-9,11-15,24-25,30H,6,10,16-19H2,(H,28,31)/t24-,25-/m1/s1. The van der Waals surface area contributed by atoms with Gasteiger partial charge in [0.25, 0.3) is 5.91 Å². The molecule has 0 spiro atoms. The fourth-order valence-corrected chi connectivity index (χ4v) is 3.92. The maximum Gasteiger partial charge on any atom is 0.251 e. The molecule has 1 aliphatic rings. The Hall–Kier alpha value is -3.22. The van der Waals surface area contributed by atoms with E-state index in [4.69, 9.17) is 4.74 Å². The lowest BCUT2D eigenvalue weighted by atomic mass is 10.1. The average molecular weight is 432 g/mol. The van der Waals surface area contributed by atoms with Gasteiger partial charge in [-0.15, -0.1) is 0 Å². The zero-order valence-corrected chi connectivity index (χ0v) is 18.1. The second kappa shape index (κ2) is 10.9. The summed E-state index contributed by atoms with van der Waals surface area (Å²) in [5.74, 6) is 0.518. The van der Waals surface area contributed by atoms with Gasteiger partial charge in [-0.1, -0.05) is 36.4 Å². The van der Waals surface area contributed by atoms with Crippen LogP contribution in [0.5, 0.6) is 5.75 Å². The van der Waals surface area contributed by atoms with Crippen LogP contribution in [-0.2, 0) is 13.2 Å². The van der Waals surface area contributed by atoms with Crippen LogP contribution in [0.2, 0.25) is 0 Å². The summed E-state index contributed by atoms with van der Waals surface area (Å²) in [6.45, 7) is 2.63. The van der Waals surface area contributed by atoms with Gasteiger partial charge in [0.05, 0.1) is 17.8 Å². The van der Waals surface area contributed by atoms with Gasteiger partial charge in [-0.2, -0.15) is 0 Å². The monoisotopic (exact) mass is 431 g/mol. The predicted octanol–water partition coefficient (Wildman–Crippen LogP) is 3.42. The average Bonchev–Trinajstić information content (AvgIpc) is 3.00. The number of benzene rings is 2. The molecule has 0 radical (unpaired) electrons. The van der Waals surface area contributed by atoms with Crippen LogP contribution in [0.25, 0.3) is 0 Å². The maximum atomic E-state index is 12.8. The Morgan fingerprint density at radius 3 is 2.59 bits per heavy atom. The van der Waals surface area contributed by atoms with Crippen molar-refractivity contribution in [2.24, 2.45) is 0 Å². The molecule has 1 aromatic heterocycles. The summed E-state index contributed by atoms with van der Waals surface area (Å²) >= 11 is 0. The maximum absolute atomic E-state index is 12.8. The first-order valence-corrected chi connectivity index (χ1v) is 11.1. The van der Waals surface area contributed by atoms with E-state index in [1.807, 2.05) is 48.5 Å². The number of amides is 1. The molecule has 6 nitrogen and oxygen atoms in total. The Kier molecular flexibility index (Phi) is 7.48. The van der Waals surface area contributed by atoms with Crippen molar-refractivity contribution < 1.29 is 14.6 Å². The second-order valence-corrected chi connectivity index (χ2v) is 8.14. The van der Waals surface area contributed by atoms with Crippen molar-refractivity contribution in [3.8, 4) is 5.75 Å². The predicted molar refractivity (Wildman–Crippen MR) is 123 cm³/mol. The van der Waals surface area contributed by atoms with Crippen molar-refractivity contribution in [2.75, 3.05) is 13.1 Å². The Morgan fingerprint density at radius 1 is 1.06 bits per heavy atom. The van der Waals surface area contributed by atoms with Crippen LogP contribution in [0.1, 0.15) is 34.5 Å². The van der Waals surface area contributed by atoms with Crippen LogP contribution in [0.3, 0.4) is 0 Å². The van der Waals surface area contributed by atoms with Gasteiger partial charge in [0.1, 0.15) is 12.4 Å². The number of aliphatic hydroxyl groups is 1. The highest BCUT2D eigenvalue weighted by Crippen LogP contribution is 2.17. The third-order valence-electron chi connectivity index (χ3n) is 5.69. The first-order chi connectivity index (χ1) is 15.7. The molecule has 166 valence electrons. The minimum absolute atomic E-state index is 0.191. The summed E-state index contributed by atoms with van der Waals surface area (Å²) in [4.78, 5) is 19.5. The first kappa shape index (κ1) is 22.0. The third kappa shape index (κ3) is 6.15. The SMILES string of the molecule is O=C(N[C@@H]1CN(Cc2ccccn2)CCC[C@H]1O)c1ccc(OCc2ccccc2)cc1. The topological polar surface area (TPSA) is 74.7 Å². The van der Waals surface area contributed by atoms with Crippen molar-refractivity contribution in [2.45, 2.75) is 38.1 Å². The largest absolute Gasteiger partial charge is 0.489 e. The number of likely N-dealkylation sites (tertiary alicyclic amines) is 1. The van der Waals surface area contributed by atoms with Gasteiger partial charge in [-0.05, 0) is 61.3 Å². The molecule has 32 heavy (non-hydrogen) atoms. The summed E-state index contributed by atoms with van der Waals surface area (Å²) < 4.78 is 5.80. The Bertz CT molecular complexity index is 980. The lowest BCUT2D eigenvalue weighted by molar-refractivity contribution is 0.0797. The van der Waals surface area contributed by atoms with Gasteiger partial charge in [0, 0.05) is 24.8 Å². The summed E-state index contributed by atoms with van der Waals surface area (Å²) in [6.07, 6.45) is 2.76. The highest BCUT2D eigenvalue weighted by atomic mass is 16.5.